The summed E-state index contributed by atoms with van der Waals surface area (Å²) in [6.45, 7) is 2.13. The van der Waals surface area contributed by atoms with E-state index < -0.39 is 0 Å². The van der Waals surface area contributed by atoms with Crippen molar-refractivity contribution in [3.8, 4) is 0 Å². The molecule has 1 rings (SSSR count). The highest BCUT2D eigenvalue weighted by Crippen LogP contribution is 2.28. The Balaban J connectivity index is 2.75. The van der Waals surface area contributed by atoms with Crippen LogP contribution in [-0.4, -0.2) is 12.6 Å². The Kier molecular flexibility index (Phi) is 5.85. The molecule has 0 amide bonds. The smallest absolute Gasteiger partial charge is 0.309 e. The molecule has 5 heteroatoms. The van der Waals surface area contributed by atoms with Gasteiger partial charge in [-0.3, -0.25) is 4.79 Å². The Hall–Kier alpha value is -0.680. The molecule has 17 heavy (non-hydrogen) atoms. The minimum Gasteiger partial charge on any atom is -0.466 e. The number of hydrogen-bond acceptors (Lipinski definition) is 2. The topological polar surface area (TPSA) is 26.3 Å². The van der Waals surface area contributed by atoms with Gasteiger partial charge >= 0.3 is 5.97 Å². The zero-order valence-electron chi connectivity index (χ0n) is 9.17. The number of hydrogen-bond donors (Lipinski definition) is 0. The Labute approximate surface area is 116 Å². The van der Waals surface area contributed by atoms with E-state index in [1.165, 1.54) is 12.1 Å². The molecule has 0 aliphatic carbocycles. The number of carbonyl (C=O) groups excluding carboxylic acids is 1. The maximum atomic E-state index is 13.0. The molecule has 0 aliphatic rings. The van der Waals surface area contributed by atoms with E-state index in [0.717, 1.165) is 5.56 Å². The molecule has 1 aromatic carbocycles. The van der Waals surface area contributed by atoms with Gasteiger partial charge in [0.05, 0.1) is 13.0 Å². The van der Waals surface area contributed by atoms with Gasteiger partial charge in [0, 0.05) is 14.5 Å². The van der Waals surface area contributed by atoms with Crippen LogP contribution in [0.15, 0.2) is 27.2 Å². The van der Waals surface area contributed by atoms with Crippen LogP contribution in [0.3, 0.4) is 0 Å². The minimum absolute atomic E-state index is 0.199. The quantitative estimate of drug-likeness (QED) is 0.743. The molecule has 0 aromatic heterocycles. The Morgan fingerprint density at radius 2 is 2.00 bits per heavy atom. The van der Waals surface area contributed by atoms with Gasteiger partial charge in [-0.05, 0) is 19.1 Å². The predicted molar refractivity (Wildman–Crippen MR) is 72.1 cm³/mol. The highest BCUT2D eigenvalue weighted by molar-refractivity contribution is 9.11. The molecule has 0 bridgehead atoms. The average molecular weight is 366 g/mol. The summed E-state index contributed by atoms with van der Waals surface area (Å²) in [4.78, 5) is 11.1. The summed E-state index contributed by atoms with van der Waals surface area (Å²) < 4.78 is 19.0. The first-order valence-corrected chi connectivity index (χ1v) is 6.60. The maximum absolute atomic E-state index is 13.0. The zero-order valence-corrected chi connectivity index (χ0v) is 12.3. The summed E-state index contributed by atoms with van der Waals surface area (Å²) in [7, 11) is 0. The lowest BCUT2D eigenvalue weighted by atomic mass is 10.2. The van der Waals surface area contributed by atoms with E-state index >= 15 is 0 Å². The fourth-order valence-electron chi connectivity index (χ4n) is 1.21. The van der Waals surface area contributed by atoms with Crippen molar-refractivity contribution in [3.63, 3.8) is 0 Å². The molecule has 0 radical (unpaired) electrons. The molecule has 0 unspecified atom stereocenters. The normalized spacial score (nSPS) is 10.8. The number of halogens is 3. The van der Waals surface area contributed by atoms with Gasteiger partial charge in [-0.1, -0.05) is 44.0 Å². The van der Waals surface area contributed by atoms with Crippen LogP contribution in [0.25, 0.3) is 6.08 Å². The summed E-state index contributed by atoms with van der Waals surface area (Å²) in [5, 5.41) is 0. The van der Waals surface area contributed by atoms with E-state index in [-0.39, 0.29) is 18.2 Å². The van der Waals surface area contributed by atoms with E-state index in [9.17, 15) is 9.18 Å². The van der Waals surface area contributed by atoms with Crippen molar-refractivity contribution in [2.45, 2.75) is 13.3 Å². The first kappa shape index (κ1) is 14.4. The standard InChI is InChI=1S/C12H11Br2FO2/c1-2-17-12(16)5-3-4-9-10(13)6-8(15)7-11(9)14/h3-4,6-7H,2,5H2,1H3. The van der Waals surface area contributed by atoms with Gasteiger partial charge in [-0.25, -0.2) is 4.39 Å². The third-order valence-corrected chi connectivity index (χ3v) is 3.23. The van der Waals surface area contributed by atoms with Crippen molar-refractivity contribution in [3.05, 3.63) is 38.5 Å². The van der Waals surface area contributed by atoms with E-state index in [1.807, 2.05) is 0 Å². The molecule has 1 aromatic rings. The van der Waals surface area contributed by atoms with Crippen LogP contribution in [0.5, 0.6) is 0 Å². The van der Waals surface area contributed by atoms with Crippen LogP contribution >= 0.6 is 31.9 Å². The second-order valence-electron chi connectivity index (χ2n) is 3.19. The molecule has 92 valence electrons. The van der Waals surface area contributed by atoms with E-state index in [2.05, 4.69) is 31.9 Å². The minimum atomic E-state index is -0.328. The van der Waals surface area contributed by atoms with Crippen LogP contribution in [0.4, 0.5) is 4.39 Å². The fourth-order valence-corrected chi connectivity index (χ4v) is 2.60. The molecule has 0 aliphatic heterocycles. The van der Waals surface area contributed by atoms with E-state index in [0.29, 0.717) is 15.6 Å². The third-order valence-electron chi connectivity index (χ3n) is 1.92. The summed E-state index contributed by atoms with van der Waals surface area (Å²) in [6.07, 6.45) is 3.62. The van der Waals surface area contributed by atoms with Gasteiger partial charge in [0.15, 0.2) is 0 Å². The molecule has 0 N–H and O–H groups in total. The highest BCUT2D eigenvalue weighted by atomic mass is 79.9. The summed E-state index contributed by atoms with van der Waals surface area (Å²) in [5.41, 5.74) is 0.788. The molecule has 0 saturated heterocycles. The summed E-state index contributed by atoms with van der Waals surface area (Å²) >= 11 is 6.52. The molecule has 2 nitrogen and oxygen atoms in total. The molecule has 0 spiro atoms. The Bertz CT molecular complexity index is 421. The third kappa shape index (κ3) is 4.60. The van der Waals surface area contributed by atoms with Gasteiger partial charge in [0.25, 0.3) is 0 Å². The van der Waals surface area contributed by atoms with E-state index in [4.69, 9.17) is 4.74 Å². The number of carbonyl (C=O) groups is 1. The van der Waals surface area contributed by atoms with Gasteiger partial charge in [-0.2, -0.15) is 0 Å². The maximum Gasteiger partial charge on any atom is 0.309 e. The van der Waals surface area contributed by atoms with E-state index in [1.54, 1.807) is 19.1 Å². The monoisotopic (exact) mass is 364 g/mol. The second kappa shape index (κ2) is 6.91. The number of ether oxygens (including phenoxy) is 1. The van der Waals surface area contributed by atoms with Crippen molar-refractivity contribution < 1.29 is 13.9 Å². The lowest BCUT2D eigenvalue weighted by Crippen LogP contribution is -2.01. The number of esters is 1. The van der Waals surface area contributed by atoms with Gasteiger partial charge in [-0.15, -0.1) is 0 Å². The van der Waals surface area contributed by atoms with Crippen molar-refractivity contribution in [1.29, 1.82) is 0 Å². The number of rotatable bonds is 4. The van der Waals surface area contributed by atoms with Crippen molar-refractivity contribution >= 4 is 43.9 Å². The molecule has 0 heterocycles. The van der Waals surface area contributed by atoms with Crippen molar-refractivity contribution in [2.75, 3.05) is 6.61 Å². The molecular formula is C12H11Br2FO2. The fraction of sp³-hybridized carbons (Fsp3) is 0.250. The number of benzene rings is 1. The van der Waals surface area contributed by atoms with Crippen LogP contribution in [0.1, 0.15) is 18.9 Å². The second-order valence-corrected chi connectivity index (χ2v) is 4.90. The lowest BCUT2D eigenvalue weighted by molar-refractivity contribution is -0.142. The largest absolute Gasteiger partial charge is 0.466 e. The Morgan fingerprint density at radius 3 is 2.53 bits per heavy atom. The molecule has 0 saturated carbocycles. The van der Waals surface area contributed by atoms with Crippen LogP contribution in [0, 0.1) is 5.82 Å². The van der Waals surface area contributed by atoms with Crippen molar-refractivity contribution in [2.24, 2.45) is 0 Å². The van der Waals surface area contributed by atoms with Crippen LogP contribution in [-0.2, 0) is 9.53 Å². The zero-order chi connectivity index (χ0) is 12.8. The first-order valence-electron chi connectivity index (χ1n) is 5.01. The Morgan fingerprint density at radius 1 is 1.41 bits per heavy atom. The summed E-state index contributed by atoms with van der Waals surface area (Å²) in [6, 6.07) is 2.74. The van der Waals surface area contributed by atoms with Crippen LogP contribution < -0.4 is 0 Å². The van der Waals surface area contributed by atoms with Crippen molar-refractivity contribution in [1.82, 2.24) is 0 Å². The molecule has 0 fully saturated rings. The lowest BCUT2D eigenvalue weighted by Gasteiger charge is -2.02. The molecule has 0 atom stereocenters. The van der Waals surface area contributed by atoms with Gasteiger partial charge < -0.3 is 4.74 Å². The van der Waals surface area contributed by atoms with Gasteiger partial charge in [0.2, 0.25) is 0 Å². The average Bonchev–Trinajstić information content (AvgIpc) is 2.22. The van der Waals surface area contributed by atoms with Gasteiger partial charge in [0.1, 0.15) is 5.82 Å². The SMILES string of the molecule is CCOC(=O)CC=Cc1c(Br)cc(F)cc1Br. The summed E-state index contributed by atoms with van der Waals surface area (Å²) in [5.74, 6) is -0.607. The first-order chi connectivity index (χ1) is 8.04. The highest BCUT2D eigenvalue weighted by Gasteiger charge is 2.05. The van der Waals surface area contributed by atoms with Crippen LogP contribution in [0.2, 0.25) is 0 Å². The predicted octanol–water partition coefficient (Wildman–Crippen LogP) is 4.32. The molecular weight excluding hydrogens is 355 g/mol.